The van der Waals surface area contributed by atoms with Crippen molar-refractivity contribution < 1.29 is 4.74 Å². The van der Waals surface area contributed by atoms with E-state index in [-0.39, 0.29) is 11.5 Å². The van der Waals surface area contributed by atoms with E-state index in [1.54, 1.807) is 6.33 Å². The molecule has 1 fully saturated rings. The van der Waals surface area contributed by atoms with Crippen molar-refractivity contribution in [3.8, 4) is 5.88 Å². The van der Waals surface area contributed by atoms with Gasteiger partial charge in [-0.2, -0.15) is 0 Å². The Balaban J connectivity index is 2.08. The summed E-state index contributed by atoms with van der Waals surface area (Å²) in [7, 11) is 0. The van der Waals surface area contributed by atoms with Gasteiger partial charge in [0.25, 0.3) is 0 Å². The minimum atomic E-state index is 0.148. The molecule has 1 atom stereocenters. The smallest absolute Gasteiger partial charge is 0.216 e. The molecule has 2 rings (SSSR count). The summed E-state index contributed by atoms with van der Waals surface area (Å²) in [4.78, 5) is 8.38. The van der Waals surface area contributed by atoms with Gasteiger partial charge in [0.05, 0.1) is 0 Å². The Morgan fingerprint density at radius 2 is 2.29 bits per heavy atom. The lowest BCUT2D eigenvalue weighted by molar-refractivity contribution is 0.0413. The highest BCUT2D eigenvalue weighted by atomic mass is 16.5. The Labute approximate surface area is 103 Å². The van der Waals surface area contributed by atoms with Gasteiger partial charge in [-0.25, -0.2) is 9.97 Å². The van der Waals surface area contributed by atoms with Crippen LogP contribution >= 0.6 is 0 Å². The van der Waals surface area contributed by atoms with Gasteiger partial charge in [0, 0.05) is 23.7 Å². The summed E-state index contributed by atoms with van der Waals surface area (Å²) in [5, 5.41) is 3.40. The van der Waals surface area contributed by atoms with Crippen LogP contribution < -0.4 is 10.1 Å². The normalized spacial score (nSPS) is 23.4. The maximum absolute atomic E-state index is 6.02. The standard InChI is InChI=1S/C13H21N3O/c1-4-10-7-12(16-9-15-10)17-11-5-6-14-8-13(11,2)3/h7,9,11,14H,4-6,8H2,1-3H3. The molecule has 0 aliphatic carbocycles. The van der Waals surface area contributed by atoms with Crippen molar-refractivity contribution >= 4 is 0 Å². The van der Waals surface area contributed by atoms with Gasteiger partial charge in [-0.05, 0) is 19.4 Å². The number of piperidine rings is 1. The highest BCUT2D eigenvalue weighted by Crippen LogP contribution is 2.28. The zero-order valence-corrected chi connectivity index (χ0v) is 10.9. The van der Waals surface area contributed by atoms with E-state index in [0.29, 0.717) is 5.88 Å². The van der Waals surface area contributed by atoms with Crippen LogP contribution in [0.4, 0.5) is 0 Å². The highest BCUT2D eigenvalue weighted by molar-refractivity contribution is 5.14. The number of ether oxygens (including phenoxy) is 1. The zero-order valence-electron chi connectivity index (χ0n) is 10.9. The number of nitrogens with zero attached hydrogens (tertiary/aromatic N) is 2. The minimum absolute atomic E-state index is 0.148. The Kier molecular flexibility index (Phi) is 3.62. The molecule has 4 nitrogen and oxygen atoms in total. The van der Waals surface area contributed by atoms with Crippen molar-refractivity contribution in [3.05, 3.63) is 18.1 Å². The van der Waals surface area contributed by atoms with Gasteiger partial charge in [0.1, 0.15) is 12.4 Å². The molecule has 4 heteroatoms. The molecule has 0 amide bonds. The third-order valence-electron chi connectivity index (χ3n) is 3.36. The van der Waals surface area contributed by atoms with Crippen LogP contribution in [-0.4, -0.2) is 29.2 Å². The molecule has 17 heavy (non-hydrogen) atoms. The molecule has 1 saturated heterocycles. The van der Waals surface area contributed by atoms with E-state index in [9.17, 15) is 0 Å². The summed E-state index contributed by atoms with van der Waals surface area (Å²) < 4.78 is 6.02. The lowest BCUT2D eigenvalue weighted by atomic mass is 9.82. The Hall–Kier alpha value is -1.16. The van der Waals surface area contributed by atoms with Gasteiger partial charge in [0.15, 0.2) is 0 Å². The summed E-state index contributed by atoms with van der Waals surface area (Å²) in [5.74, 6) is 0.705. The van der Waals surface area contributed by atoms with E-state index in [1.807, 2.05) is 6.07 Å². The summed E-state index contributed by atoms with van der Waals surface area (Å²) in [6, 6.07) is 1.94. The van der Waals surface area contributed by atoms with Gasteiger partial charge in [-0.1, -0.05) is 20.8 Å². The second-order valence-electron chi connectivity index (χ2n) is 5.26. The molecule has 0 saturated carbocycles. The van der Waals surface area contributed by atoms with E-state index in [1.165, 1.54) is 0 Å². The van der Waals surface area contributed by atoms with Crippen LogP contribution in [0.15, 0.2) is 12.4 Å². The first-order chi connectivity index (χ1) is 8.12. The van der Waals surface area contributed by atoms with Crippen LogP contribution in [0.1, 0.15) is 32.9 Å². The molecule has 1 aliphatic heterocycles. The van der Waals surface area contributed by atoms with Crippen LogP contribution in [0.5, 0.6) is 5.88 Å². The van der Waals surface area contributed by atoms with Crippen molar-refractivity contribution in [2.75, 3.05) is 13.1 Å². The highest BCUT2D eigenvalue weighted by Gasteiger charge is 2.34. The number of hydrogen-bond donors (Lipinski definition) is 1. The van der Waals surface area contributed by atoms with Crippen LogP contribution in [0, 0.1) is 5.41 Å². The fraction of sp³-hybridized carbons (Fsp3) is 0.692. The molecule has 1 aromatic heterocycles. The first-order valence-electron chi connectivity index (χ1n) is 6.30. The van der Waals surface area contributed by atoms with Crippen molar-refractivity contribution in [2.45, 2.75) is 39.7 Å². The summed E-state index contributed by atoms with van der Waals surface area (Å²) in [6.45, 7) is 8.54. The SMILES string of the molecule is CCc1cc(OC2CCNCC2(C)C)ncn1. The Morgan fingerprint density at radius 1 is 1.47 bits per heavy atom. The maximum Gasteiger partial charge on any atom is 0.216 e. The molecule has 94 valence electrons. The molecule has 1 aliphatic rings. The van der Waals surface area contributed by atoms with Crippen LogP contribution in [0.3, 0.4) is 0 Å². The van der Waals surface area contributed by atoms with Crippen LogP contribution in [-0.2, 0) is 6.42 Å². The lowest BCUT2D eigenvalue weighted by Gasteiger charge is -2.38. The number of aryl methyl sites for hydroxylation is 1. The molecule has 1 aromatic rings. The molecule has 0 radical (unpaired) electrons. The minimum Gasteiger partial charge on any atom is -0.474 e. The predicted octanol–water partition coefficient (Wildman–Crippen LogP) is 1.81. The van der Waals surface area contributed by atoms with E-state index in [0.717, 1.165) is 31.6 Å². The first-order valence-corrected chi connectivity index (χ1v) is 6.30. The van der Waals surface area contributed by atoms with Gasteiger partial charge in [0.2, 0.25) is 5.88 Å². The number of rotatable bonds is 3. The van der Waals surface area contributed by atoms with Crippen molar-refractivity contribution in [3.63, 3.8) is 0 Å². The average Bonchev–Trinajstić information content (AvgIpc) is 2.32. The molecule has 2 heterocycles. The van der Waals surface area contributed by atoms with Crippen molar-refractivity contribution in [2.24, 2.45) is 5.41 Å². The fourth-order valence-electron chi connectivity index (χ4n) is 2.15. The Bertz CT molecular complexity index is 379. The zero-order chi connectivity index (χ0) is 12.3. The van der Waals surface area contributed by atoms with Gasteiger partial charge in [-0.3, -0.25) is 0 Å². The summed E-state index contributed by atoms with van der Waals surface area (Å²) in [5.41, 5.74) is 1.18. The predicted molar refractivity (Wildman–Crippen MR) is 67.1 cm³/mol. The Morgan fingerprint density at radius 3 is 3.00 bits per heavy atom. The molecular formula is C13H21N3O. The quantitative estimate of drug-likeness (QED) is 0.868. The molecule has 0 bridgehead atoms. The number of aromatic nitrogens is 2. The third kappa shape index (κ3) is 2.94. The molecule has 0 spiro atoms. The molecule has 1 N–H and O–H groups in total. The fourth-order valence-corrected chi connectivity index (χ4v) is 2.15. The third-order valence-corrected chi connectivity index (χ3v) is 3.36. The van der Waals surface area contributed by atoms with Crippen LogP contribution in [0.2, 0.25) is 0 Å². The molecule has 1 unspecified atom stereocenters. The second-order valence-corrected chi connectivity index (χ2v) is 5.26. The largest absolute Gasteiger partial charge is 0.474 e. The lowest BCUT2D eigenvalue weighted by Crippen LogP contribution is -2.48. The summed E-state index contributed by atoms with van der Waals surface area (Å²) in [6.07, 6.45) is 3.75. The number of nitrogens with one attached hydrogen (secondary N) is 1. The van der Waals surface area contributed by atoms with E-state index < -0.39 is 0 Å². The first kappa shape index (κ1) is 12.3. The van der Waals surface area contributed by atoms with E-state index >= 15 is 0 Å². The van der Waals surface area contributed by atoms with Gasteiger partial charge in [-0.15, -0.1) is 0 Å². The van der Waals surface area contributed by atoms with E-state index in [2.05, 4.69) is 36.1 Å². The monoisotopic (exact) mass is 235 g/mol. The average molecular weight is 235 g/mol. The van der Waals surface area contributed by atoms with Crippen molar-refractivity contribution in [1.82, 2.24) is 15.3 Å². The van der Waals surface area contributed by atoms with Crippen molar-refractivity contribution in [1.29, 1.82) is 0 Å². The number of hydrogen-bond acceptors (Lipinski definition) is 4. The van der Waals surface area contributed by atoms with Crippen LogP contribution in [0.25, 0.3) is 0 Å². The molecular weight excluding hydrogens is 214 g/mol. The topological polar surface area (TPSA) is 47.0 Å². The maximum atomic E-state index is 6.02. The van der Waals surface area contributed by atoms with E-state index in [4.69, 9.17) is 4.74 Å². The van der Waals surface area contributed by atoms with Gasteiger partial charge < -0.3 is 10.1 Å². The van der Waals surface area contributed by atoms with Gasteiger partial charge >= 0.3 is 0 Å². The molecule has 0 aromatic carbocycles. The summed E-state index contributed by atoms with van der Waals surface area (Å²) >= 11 is 0. The second kappa shape index (κ2) is 5.00.